The fourth-order valence-electron chi connectivity index (χ4n) is 1.99. The van der Waals surface area contributed by atoms with E-state index in [4.69, 9.17) is 5.11 Å². The summed E-state index contributed by atoms with van der Waals surface area (Å²) in [5.74, 6) is -0.836. The normalized spacial score (nSPS) is 16.1. The number of aliphatic carboxylic acids is 1. The fraction of sp³-hybridized carbons (Fsp3) is 0.615. The Bertz CT molecular complexity index is 479. The van der Waals surface area contributed by atoms with Gasteiger partial charge in [-0.25, -0.2) is 0 Å². The van der Waals surface area contributed by atoms with Gasteiger partial charge in [0.15, 0.2) is 0 Å². The van der Waals surface area contributed by atoms with E-state index in [0.717, 1.165) is 18.5 Å². The number of carboxylic acids is 1. The summed E-state index contributed by atoms with van der Waals surface area (Å²) < 4.78 is 0. The van der Waals surface area contributed by atoms with Crippen molar-refractivity contribution < 1.29 is 14.7 Å². The fourth-order valence-corrected chi connectivity index (χ4v) is 1.99. The van der Waals surface area contributed by atoms with E-state index in [1.54, 1.807) is 6.07 Å². The molecule has 2 rings (SSSR count). The molecule has 0 aromatic carbocycles. The zero-order chi connectivity index (χ0) is 14.0. The highest BCUT2D eigenvalue weighted by atomic mass is 16.4. The van der Waals surface area contributed by atoms with Gasteiger partial charge in [0.1, 0.15) is 12.2 Å². The Morgan fingerprint density at radius 1 is 1.58 bits per heavy atom. The Kier molecular flexibility index (Phi) is 3.87. The van der Waals surface area contributed by atoms with E-state index in [1.165, 1.54) is 4.90 Å². The van der Waals surface area contributed by atoms with Crippen molar-refractivity contribution in [1.82, 2.24) is 15.1 Å². The van der Waals surface area contributed by atoms with Crippen molar-refractivity contribution in [2.45, 2.75) is 45.1 Å². The molecule has 1 amide bonds. The number of nitrogens with zero attached hydrogens (tertiary/aromatic N) is 2. The monoisotopic (exact) mass is 265 g/mol. The summed E-state index contributed by atoms with van der Waals surface area (Å²) in [5, 5.41) is 15.8. The van der Waals surface area contributed by atoms with E-state index in [2.05, 4.69) is 10.2 Å². The molecule has 104 valence electrons. The second-order valence-corrected chi connectivity index (χ2v) is 5.07. The lowest BCUT2D eigenvalue weighted by molar-refractivity contribution is -0.138. The van der Waals surface area contributed by atoms with Crippen LogP contribution in [0.15, 0.2) is 6.07 Å². The van der Waals surface area contributed by atoms with E-state index in [9.17, 15) is 9.59 Å². The van der Waals surface area contributed by atoms with Crippen LogP contribution in [0.5, 0.6) is 0 Å². The number of H-pyrrole nitrogens is 1. The first-order valence-electron chi connectivity index (χ1n) is 6.61. The summed E-state index contributed by atoms with van der Waals surface area (Å²) in [4.78, 5) is 24.5. The van der Waals surface area contributed by atoms with Crippen LogP contribution in [0.2, 0.25) is 0 Å². The van der Waals surface area contributed by atoms with Crippen molar-refractivity contribution in [3.05, 3.63) is 17.5 Å². The molecule has 6 nitrogen and oxygen atoms in total. The standard InChI is InChI=1S/C13H19N3O3/c1-3-8(2)16(7-12(17)18)13(19)11-6-10(14-15-11)9-4-5-9/h6,8-9H,3-5,7H2,1-2H3,(H,14,15)(H,17,18). The van der Waals surface area contributed by atoms with Crippen LogP contribution in [-0.2, 0) is 4.79 Å². The third kappa shape index (κ3) is 3.13. The van der Waals surface area contributed by atoms with Crippen LogP contribution in [0.1, 0.15) is 55.2 Å². The molecule has 1 heterocycles. The van der Waals surface area contributed by atoms with E-state index in [0.29, 0.717) is 18.0 Å². The number of aromatic nitrogens is 2. The molecule has 0 bridgehead atoms. The highest BCUT2D eigenvalue weighted by Crippen LogP contribution is 2.39. The van der Waals surface area contributed by atoms with Crippen molar-refractivity contribution >= 4 is 11.9 Å². The molecule has 0 radical (unpaired) electrons. The number of hydrogen-bond donors (Lipinski definition) is 2. The molecule has 1 aliphatic carbocycles. The minimum atomic E-state index is -1.01. The predicted molar refractivity (Wildman–Crippen MR) is 69.0 cm³/mol. The number of rotatable bonds is 6. The molecule has 1 aromatic rings. The van der Waals surface area contributed by atoms with Crippen LogP contribution >= 0.6 is 0 Å². The zero-order valence-electron chi connectivity index (χ0n) is 11.2. The Hall–Kier alpha value is -1.85. The lowest BCUT2D eigenvalue weighted by atomic mass is 10.2. The number of amides is 1. The maximum absolute atomic E-state index is 12.3. The molecule has 1 saturated carbocycles. The minimum absolute atomic E-state index is 0.121. The van der Waals surface area contributed by atoms with Crippen LogP contribution in [0.3, 0.4) is 0 Å². The summed E-state index contributed by atoms with van der Waals surface area (Å²) in [5.41, 5.74) is 1.28. The molecule has 19 heavy (non-hydrogen) atoms. The second kappa shape index (κ2) is 5.42. The van der Waals surface area contributed by atoms with E-state index >= 15 is 0 Å². The first-order valence-corrected chi connectivity index (χ1v) is 6.61. The molecule has 1 aromatic heterocycles. The molecule has 1 fully saturated rings. The van der Waals surface area contributed by atoms with Gasteiger partial charge < -0.3 is 10.0 Å². The number of carbonyl (C=O) groups excluding carboxylic acids is 1. The number of hydrogen-bond acceptors (Lipinski definition) is 3. The largest absolute Gasteiger partial charge is 0.480 e. The van der Waals surface area contributed by atoms with Gasteiger partial charge in [0.25, 0.3) is 5.91 Å². The maximum Gasteiger partial charge on any atom is 0.323 e. The van der Waals surface area contributed by atoms with Crippen LogP contribution in [0, 0.1) is 0 Å². The third-order valence-electron chi connectivity index (χ3n) is 3.52. The topological polar surface area (TPSA) is 86.3 Å². The molecule has 0 spiro atoms. The summed E-state index contributed by atoms with van der Waals surface area (Å²) >= 11 is 0. The van der Waals surface area contributed by atoms with Gasteiger partial charge in [-0.2, -0.15) is 5.10 Å². The molecule has 6 heteroatoms. The van der Waals surface area contributed by atoms with Crippen LogP contribution in [0.25, 0.3) is 0 Å². The van der Waals surface area contributed by atoms with Crippen LogP contribution < -0.4 is 0 Å². The summed E-state index contributed by atoms with van der Waals surface area (Å²) in [7, 11) is 0. The van der Waals surface area contributed by atoms with Gasteiger partial charge in [0.05, 0.1) is 0 Å². The Morgan fingerprint density at radius 2 is 2.26 bits per heavy atom. The van der Waals surface area contributed by atoms with Crippen LogP contribution in [0.4, 0.5) is 0 Å². The molecule has 0 aliphatic heterocycles. The molecule has 0 saturated heterocycles. The van der Waals surface area contributed by atoms with Gasteiger partial charge in [0, 0.05) is 17.7 Å². The van der Waals surface area contributed by atoms with Gasteiger partial charge in [-0.3, -0.25) is 14.7 Å². The number of nitrogens with one attached hydrogen (secondary N) is 1. The van der Waals surface area contributed by atoms with Crippen molar-refractivity contribution in [3.63, 3.8) is 0 Å². The zero-order valence-corrected chi connectivity index (χ0v) is 11.2. The van der Waals surface area contributed by atoms with Crippen LogP contribution in [-0.4, -0.2) is 44.7 Å². The quantitative estimate of drug-likeness (QED) is 0.818. The Balaban J connectivity index is 2.14. The SMILES string of the molecule is CCC(C)N(CC(=O)O)C(=O)c1cc(C2CC2)[nH]n1. The highest BCUT2D eigenvalue weighted by molar-refractivity contribution is 5.94. The molecule has 1 atom stereocenters. The van der Waals surface area contributed by atoms with Gasteiger partial charge in [-0.05, 0) is 32.3 Å². The molecule has 2 N–H and O–H groups in total. The number of carbonyl (C=O) groups is 2. The smallest absolute Gasteiger partial charge is 0.323 e. The molecule has 1 aliphatic rings. The number of carboxylic acid groups (broad SMARTS) is 1. The first kappa shape index (κ1) is 13.6. The van der Waals surface area contributed by atoms with Gasteiger partial charge in [-0.15, -0.1) is 0 Å². The third-order valence-corrected chi connectivity index (χ3v) is 3.52. The van der Waals surface area contributed by atoms with Crippen molar-refractivity contribution in [3.8, 4) is 0 Å². The van der Waals surface area contributed by atoms with Crippen molar-refractivity contribution in [1.29, 1.82) is 0 Å². The van der Waals surface area contributed by atoms with Crippen molar-refractivity contribution in [2.24, 2.45) is 0 Å². The van der Waals surface area contributed by atoms with Gasteiger partial charge in [0.2, 0.25) is 0 Å². The molecule has 1 unspecified atom stereocenters. The highest BCUT2D eigenvalue weighted by Gasteiger charge is 2.29. The average Bonchev–Trinajstić information content (AvgIpc) is 3.12. The maximum atomic E-state index is 12.3. The molecular weight excluding hydrogens is 246 g/mol. The Morgan fingerprint density at radius 3 is 2.79 bits per heavy atom. The van der Waals surface area contributed by atoms with Gasteiger partial charge in [-0.1, -0.05) is 6.92 Å². The summed E-state index contributed by atoms with van der Waals surface area (Å²) in [6.07, 6.45) is 2.96. The van der Waals surface area contributed by atoms with E-state index < -0.39 is 5.97 Å². The second-order valence-electron chi connectivity index (χ2n) is 5.07. The van der Waals surface area contributed by atoms with Crippen molar-refractivity contribution in [2.75, 3.05) is 6.54 Å². The predicted octanol–water partition coefficient (Wildman–Crippen LogP) is 1.61. The summed E-state index contributed by atoms with van der Waals surface area (Å²) in [6, 6.07) is 1.63. The van der Waals surface area contributed by atoms with E-state index in [1.807, 2.05) is 13.8 Å². The lowest BCUT2D eigenvalue weighted by Gasteiger charge is -2.25. The summed E-state index contributed by atoms with van der Waals surface area (Å²) in [6.45, 7) is 3.47. The minimum Gasteiger partial charge on any atom is -0.480 e. The molecular formula is C13H19N3O3. The van der Waals surface area contributed by atoms with Gasteiger partial charge >= 0.3 is 5.97 Å². The average molecular weight is 265 g/mol. The lowest BCUT2D eigenvalue weighted by Crippen LogP contribution is -2.42. The Labute approximate surface area is 111 Å². The first-order chi connectivity index (χ1) is 9.02. The van der Waals surface area contributed by atoms with E-state index in [-0.39, 0.29) is 18.5 Å². The number of aromatic amines is 1.